The van der Waals surface area contributed by atoms with E-state index in [1.165, 1.54) is 12.8 Å². The SMILES string of the molecule is C=C(C)COc1cccc(NC(=O)N2CCN(CC3CC3)C(CCO)C2)c1. The molecule has 2 fully saturated rings. The van der Waals surface area contributed by atoms with E-state index in [1.807, 2.05) is 36.1 Å². The van der Waals surface area contributed by atoms with E-state index >= 15 is 0 Å². The van der Waals surface area contributed by atoms with Gasteiger partial charge in [-0.3, -0.25) is 4.90 Å². The van der Waals surface area contributed by atoms with Crippen LogP contribution in [0.4, 0.5) is 10.5 Å². The predicted molar refractivity (Wildman–Crippen MR) is 107 cm³/mol. The second kappa shape index (κ2) is 9.24. The van der Waals surface area contributed by atoms with Crippen molar-refractivity contribution in [2.45, 2.75) is 32.2 Å². The minimum Gasteiger partial charge on any atom is -0.489 e. The first-order chi connectivity index (χ1) is 13.0. The fourth-order valence-corrected chi connectivity index (χ4v) is 3.45. The summed E-state index contributed by atoms with van der Waals surface area (Å²) in [5, 5.41) is 12.4. The number of amides is 2. The number of rotatable bonds is 8. The van der Waals surface area contributed by atoms with Crippen molar-refractivity contribution in [2.24, 2.45) is 5.92 Å². The first-order valence-corrected chi connectivity index (χ1v) is 9.83. The number of nitrogens with zero attached hydrogens (tertiary/aromatic N) is 2. The number of aliphatic hydroxyl groups is 1. The van der Waals surface area contributed by atoms with Gasteiger partial charge in [0.1, 0.15) is 12.4 Å². The van der Waals surface area contributed by atoms with E-state index < -0.39 is 0 Å². The zero-order valence-electron chi connectivity index (χ0n) is 16.2. The van der Waals surface area contributed by atoms with E-state index in [0.29, 0.717) is 31.9 Å². The lowest BCUT2D eigenvalue weighted by atomic mass is 10.1. The van der Waals surface area contributed by atoms with Crippen LogP contribution in [0.5, 0.6) is 5.75 Å². The topological polar surface area (TPSA) is 65.0 Å². The Morgan fingerprint density at radius 2 is 2.19 bits per heavy atom. The summed E-state index contributed by atoms with van der Waals surface area (Å²) < 4.78 is 5.64. The van der Waals surface area contributed by atoms with Crippen molar-refractivity contribution < 1.29 is 14.6 Å². The van der Waals surface area contributed by atoms with Crippen LogP contribution in [0.3, 0.4) is 0 Å². The maximum atomic E-state index is 12.7. The van der Waals surface area contributed by atoms with Gasteiger partial charge in [0, 0.05) is 50.6 Å². The minimum absolute atomic E-state index is 0.0962. The maximum absolute atomic E-state index is 12.7. The molecule has 1 atom stereocenters. The highest BCUT2D eigenvalue weighted by molar-refractivity contribution is 5.89. The predicted octanol–water partition coefficient (Wildman–Crippen LogP) is 2.95. The van der Waals surface area contributed by atoms with E-state index in [4.69, 9.17) is 4.74 Å². The van der Waals surface area contributed by atoms with Crippen LogP contribution in [0.15, 0.2) is 36.4 Å². The Labute approximate surface area is 161 Å². The number of benzene rings is 1. The van der Waals surface area contributed by atoms with Crippen LogP contribution < -0.4 is 10.1 Å². The molecule has 6 nitrogen and oxygen atoms in total. The lowest BCUT2D eigenvalue weighted by Crippen LogP contribution is -2.56. The van der Waals surface area contributed by atoms with E-state index in [0.717, 1.165) is 30.3 Å². The van der Waals surface area contributed by atoms with Gasteiger partial charge in [0.15, 0.2) is 0 Å². The monoisotopic (exact) mass is 373 g/mol. The molecule has 1 unspecified atom stereocenters. The first kappa shape index (κ1) is 19.7. The molecule has 1 saturated heterocycles. The Bertz CT molecular complexity index is 660. The lowest BCUT2D eigenvalue weighted by Gasteiger charge is -2.41. The molecule has 148 valence electrons. The summed E-state index contributed by atoms with van der Waals surface area (Å²) in [4.78, 5) is 17.0. The van der Waals surface area contributed by atoms with Gasteiger partial charge in [-0.05, 0) is 49.8 Å². The zero-order chi connectivity index (χ0) is 19.2. The number of urea groups is 1. The Kier molecular flexibility index (Phi) is 6.74. The Balaban J connectivity index is 1.55. The van der Waals surface area contributed by atoms with Crippen LogP contribution in [-0.2, 0) is 0 Å². The largest absolute Gasteiger partial charge is 0.489 e. The third kappa shape index (κ3) is 5.97. The quantitative estimate of drug-likeness (QED) is 0.688. The van der Waals surface area contributed by atoms with Gasteiger partial charge in [-0.25, -0.2) is 4.79 Å². The van der Waals surface area contributed by atoms with Crippen LogP contribution in [0.25, 0.3) is 0 Å². The van der Waals surface area contributed by atoms with Gasteiger partial charge in [-0.1, -0.05) is 12.6 Å². The van der Waals surface area contributed by atoms with Crippen molar-refractivity contribution >= 4 is 11.7 Å². The van der Waals surface area contributed by atoms with Gasteiger partial charge in [0.25, 0.3) is 0 Å². The molecule has 6 heteroatoms. The van der Waals surface area contributed by atoms with Crippen LogP contribution >= 0.6 is 0 Å². The zero-order valence-corrected chi connectivity index (χ0v) is 16.2. The van der Waals surface area contributed by atoms with Crippen molar-refractivity contribution in [1.29, 1.82) is 0 Å². The molecule has 27 heavy (non-hydrogen) atoms. The molecule has 1 aliphatic carbocycles. The fraction of sp³-hybridized carbons (Fsp3) is 0.571. The van der Waals surface area contributed by atoms with Gasteiger partial charge >= 0.3 is 6.03 Å². The molecule has 1 aromatic carbocycles. The third-order valence-electron chi connectivity index (χ3n) is 5.11. The Morgan fingerprint density at radius 1 is 1.37 bits per heavy atom. The van der Waals surface area contributed by atoms with E-state index in [-0.39, 0.29) is 18.7 Å². The summed E-state index contributed by atoms with van der Waals surface area (Å²) in [6.07, 6.45) is 3.34. The van der Waals surface area contributed by atoms with Crippen molar-refractivity contribution in [3.63, 3.8) is 0 Å². The molecule has 2 N–H and O–H groups in total. The number of hydrogen-bond acceptors (Lipinski definition) is 4. The summed E-state index contributed by atoms with van der Waals surface area (Å²) in [6, 6.07) is 7.56. The summed E-state index contributed by atoms with van der Waals surface area (Å²) in [6.45, 7) is 9.70. The molecule has 1 aliphatic heterocycles. The number of aliphatic hydroxyl groups excluding tert-OH is 1. The molecule has 3 rings (SSSR count). The van der Waals surface area contributed by atoms with Crippen LogP contribution in [0, 0.1) is 5.92 Å². The number of anilines is 1. The molecule has 0 bridgehead atoms. The van der Waals surface area contributed by atoms with Crippen molar-refractivity contribution in [3.8, 4) is 5.75 Å². The number of nitrogens with one attached hydrogen (secondary N) is 1. The molecule has 0 radical (unpaired) electrons. The molecule has 1 saturated carbocycles. The normalized spacial score (nSPS) is 20.4. The average molecular weight is 373 g/mol. The highest BCUT2D eigenvalue weighted by atomic mass is 16.5. The molecule has 1 heterocycles. The Morgan fingerprint density at radius 3 is 2.89 bits per heavy atom. The second-order valence-corrected chi connectivity index (χ2v) is 7.75. The fourth-order valence-electron chi connectivity index (χ4n) is 3.45. The third-order valence-corrected chi connectivity index (χ3v) is 5.11. The smallest absolute Gasteiger partial charge is 0.321 e. The molecule has 1 aromatic rings. The molecule has 0 spiro atoms. The summed E-state index contributed by atoms with van der Waals surface area (Å²) in [7, 11) is 0. The summed E-state index contributed by atoms with van der Waals surface area (Å²) in [5.41, 5.74) is 1.67. The van der Waals surface area contributed by atoms with Crippen LogP contribution in [0.2, 0.25) is 0 Å². The average Bonchev–Trinajstić information content (AvgIpc) is 3.46. The highest BCUT2D eigenvalue weighted by Crippen LogP contribution is 2.31. The second-order valence-electron chi connectivity index (χ2n) is 7.75. The van der Waals surface area contributed by atoms with E-state index in [9.17, 15) is 9.90 Å². The van der Waals surface area contributed by atoms with Gasteiger partial charge in [0.05, 0.1) is 0 Å². The van der Waals surface area contributed by atoms with Gasteiger partial charge < -0.3 is 20.1 Å². The number of ether oxygens (including phenoxy) is 1. The number of carbonyl (C=O) groups is 1. The lowest BCUT2D eigenvalue weighted by molar-refractivity contribution is 0.0739. The van der Waals surface area contributed by atoms with Crippen molar-refractivity contribution in [2.75, 3.05) is 44.7 Å². The van der Waals surface area contributed by atoms with Crippen molar-refractivity contribution in [1.82, 2.24) is 9.80 Å². The van der Waals surface area contributed by atoms with E-state index in [1.54, 1.807) is 0 Å². The van der Waals surface area contributed by atoms with Gasteiger partial charge in [0.2, 0.25) is 0 Å². The van der Waals surface area contributed by atoms with Crippen LogP contribution in [-0.4, -0.2) is 66.4 Å². The molecule has 0 aromatic heterocycles. The molecule has 2 aliphatic rings. The maximum Gasteiger partial charge on any atom is 0.321 e. The molecule has 2 amide bonds. The van der Waals surface area contributed by atoms with Crippen molar-refractivity contribution in [3.05, 3.63) is 36.4 Å². The minimum atomic E-state index is -0.0962. The standard InChI is InChI=1S/C21H31N3O3/c1-16(2)15-27-20-5-3-4-18(12-20)22-21(26)24-10-9-23(13-17-6-7-17)19(14-24)8-11-25/h3-5,12,17,19,25H,1,6-11,13-15H2,2H3,(H,22,26). The van der Waals surface area contributed by atoms with Gasteiger partial charge in [-0.2, -0.15) is 0 Å². The summed E-state index contributed by atoms with van der Waals surface area (Å²) in [5.74, 6) is 1.52. The first-order valence-electron chi connectivity index (χ1n) is 9.83. The molecular formula is C21H31N3O3. The number of hydrogen-bond donors (Lipinski definition) is 2. The summed E-state index contributed by atoms with van der Waals surface area (Å²) >= 11 is 0. The number of carbonyl (C=O) groups excluding carboxylic acids is 1. The van der Waals surface area contributed by atoms with E-state index in [2.05, 4.69) is 16.8 Å². The van der Waals surface area contributed by atoms with Gasteiger partial charge in [-0.15, -0.1) is 0 Å². The Hall–Kier alpha value is -2.05. The molecular weight excluding hydrogens is 342 g/mol. The van der Waals surface area contributed by atoms with Crippen LogP contribution in [0.1, 0.15) is 26.2 Å². The highest BCUT2D eigenvalue weighted by Gasteiger charge is 2.33. The number of piperazine rings is 1.